The number of nitrogens with one attached hydrogen (secondary N) is 2. The van der Waals surface area contributed by atoms with Crippen molar-refractivity contribution in [1.82, 2.24) is 10.0 Å². The van der Waals surface area contributed by atoms with Crippen LogP contribution in [0.2, 0.25) is 0 Å². The van der Waals surface area contributed by atoms with Crippen molar-refractivity contribution in [3.8, 4) is 0 Å². The number of rotatable bonds is 5. The number of non-ortho nitro benzene ring substituents is 1. The van der Waals surface area contributed by atoms with Crippen LogP contribution in [0.25, 0.3) is 0 Å². The van der Waals surface area contributed by atoms with E-state index in [0.717, 1.165) is 19.4 Å². The molecule has 8 heteroatoms. The highest BCUT2D eigenvalue weighted by Crippen LogP contribution is 2.14. The summed E-state index contributed by atoms with van der Waals surface area (Å²) < 4.78 is 26.7. The van der Waals surface area contributed by atoms with Crippen molar-refractivity contribution in [2.45, 2.75) is 24.6 Å². The van der Waals surface area contributed by atoms with Crippen LogP contribution in [0.3, 0.4) is 0 Å². The molecule has 0 amide bonds. The number of sulfonamides is 1. The lowest BCUT2D eigenvalue weighted by Gasteiger charge is -2.23. The molecule has 1 fully saturated rings. The van der Waals surface area contributed by atoms with Crippen LogP contribution < -0.4 is 10.0 Å². The first-order valence-corrected chi connectivity index (χ1v) is 8.05. The van der Waals surface area contributed by atoms with E-state index in [1.54, 1.807) is 0 Å². The Kier molecular flexibility index (Phi) is 4.69. The van der Waals surface area contributed by atoms with Gasteiger partial charge in [-0.15, -0.1) is 0 Å². The van der Waals surface area contributed by atoms with Crippen molar-refractivity contribution in [3.05, 3.63) is 39.9 Å². The molecule has 1 saturated heterocycles. The molecule has 1 aromatic carbocycles. The molecule has 0 bridgehead atoms. The minimum absolute atomic E-state index is 0.0458. The maximum absolute atomic E-state index is 12.0. The molecule has 1 aliphatic heterocycles. The monoisotopic (exact) mass is 299 g/mol. The van der Waals surface area contributed by atoms with E-state index in [0.29, 0.717) is 12.1 Å². The average molecular weight is 299 g/mol. The lowest BCUT2D eigenvalue weighted by molar-refractivity contribution is -0.384. The lowest BCUT2D eigenvalue weighted by atomic mass is 10.1. The topological polar surface area (TPSA) is 101 Å². The van der Waals surface area contributed by atoms with Gasteiger partial charge < -0.3 is 5.32 Å². The minimum Gasteiger partial charge on any atom is -0.315 e. The fourth-order valence-electron chi connectivity index (χ4n) is 2.18. The number of nitro groups is 1. The summed E-state index contributed by atoms with van der Waals surface area (Å²) in [7, 11) is -3.43. The van der Waals surface area contributed by atoms with Gasteiger partial charge in [-0.2, -0.15) is 0 Å². The van der Waals surface area contributed by atoms with E-state index >= 15 is 0 Å². The second-order valence-corrected chi connectivity index (χ2v) is 6.60. The lowest BCUT2D eigenvalue weighted by Crippen LogP contribution is -2.45. The zero-order valence-corrected chi connectivity index (χ0v) is 11.7. The van der Waals surface area contributed by atoms with Crippen LogP contribution in [0.15, 0.2) is 24.3 Å². The van der Waals surface area contributed by atoms with Crippen LogP contribution >= 0.6 is 0 Å². The van der Waals surface area contributed by atoms with E-state index in [-0.39, 0.29) is 17.5 Å². The summed E-state index contributed by atoms with van der Waals surface area (Å²) in [6, 6.07) is 5.49. The Balaban J connectivity index is 1.98. The Bertz CT molecular complexity index is 565. The summed E-state index contributed by atoms with van der Waals surface area (Å²) in [6.07, 6.45) is 1.78. The molecule has 1 aromatic rings. The molecule has 2 rings (SSSR count). The Hall–Kier alpha value is -1.51. The number of hydrogen-bond acceptors (Lipinski definition) is 5. The first-order valence-electron chi connectivity index (χ1n) is 6.40. The van der Waals surface area contributed by atoms with E-state index in [1.807, 2.05) is 0 Å². The molecule has 0 spiro atoms. The van der Waals surface area contributed by atoms with Gasteiger partial charge in [-0.3, -0.25) is 10.1 Å². The molecular weight excluding hydrogens is 282 g/mol. The van der Waals surface area contributed by atoms with Crippen LogP contribution in [0, 0.1) is 10.1 Å². The molecule has 0 aromatic heterocycles. The van der Waals surface area contributed by atoms with Gasteiger partial charge in [-0.1, -0.05) is 12.1 Å². The molecule has 7 nitrogen and oxygen atoms in total. The smallest absolute Gasteiger partial charge is 0.269 e. The van der Waals surface area contributed by atoms with Gasteiger partial charge >= 0.3 is 0 Å². The molecule has 0 aliphatic carbocycles. The Labute approximate surface area is 117 Å². The van der Waals surface area contributed by atoms with E-state index in [9.17, 15) is 18.5 Å². The highest BCUT2D eigenvalue weighted by Gasteiger charge is 2.20. The third-order valence-corrected chi connectivity index (χ3v) is 4.55. The van der Waals surface area contributed by atoms with Gasteiger partial charge in [-0.05, 0) is 24.9 Å². The van der Waals surface area contributed by atoms with Crippen molar-refractivity contribution in [2.24, 2.45) is 0 Å². The maximum Gasteiger partial charge on any atom is 0.269 e. The van der Waals surface area contributed by atoms with E-state index in [1.165, 1.54) is 24.3 Å². The van der Waals surface area contributed by atoms with Crippen molar-refractivity contribution in [3.63, 3.8) is 0 Å². The minimum atomic E-state index is -3.43. The summed E-state index contributed by atoms with van der Waals surface area (Å²) in [4.78, 5) is 10.0. The van der Waals surface area contributed by atoms with Crippen molar-refractivity contribution >= 4 is 15.7 Å². The van der Waals surface area contributed by atoms with Crippen LogP contribution in [0.1, 0.15) is 18.4 Å². The SMILES string of the molecule is O=[N+]([O-])c1ccc(CS(=O)(=O)N[C@@H]2CCCNC2)cc1. The fourth-order valence-corrected chi connectivity index (χ4v) is 3.60. The Morgan fingerprint density at radius 3 is 2.60 bits per heavy atom. The molecule has 20 heavy (non-hydrogen) atoms. The number of nitrogens with zero attached hydrogens (tertiary/aromatic N) is 1. The predicted octanol–water partition coefficient (Wildman–Crippen LogP) is 0.766. The fraction of sp³-hybridized carbons (Fsp3) is 0.500. The molecular formula is C12H17N3O4S. The van der Waals surface area contributed by atoms with E-state index < -0.39 is 14.9 Å². The third-order valence-electron chi connectivity index (χ3n) is 3.15. The van der Waals surface area contributed by atoms with Gasteiger partial charge in [-0.25, -0.2) is 13.1 Å². The zero-order chi connectivity index (χ0) is 14.6. The van der Waals surface area contributed by atoms with Crippen LogP contribution in [0.4, 0.5) is 5.69 Å². The normalized spacial score (nSPS) is 19.7. The second-order valence-electron chi connectivity index (χ2n) is 4.84. The molecule has 1 heterocycles. The van der Waals surface area contributed by atoms with Gasteiger partial charge in [0, 0.05) is 24.7 Å². The summed E-state index contributed by atoms with van der Waals surface area (Å²) in [5, 5.41) is 13.7. The molecule has 2 N–H and O–H groups in total. The molecule has 110 valence electrons. The number of nitro benzene ring substituents is 1. The van der Waals surface area contributed by atoms with E-state index in [2.05, 4.69) is 10.0 Å². The Morgan fingerprint density at radius 2 is 2.05 bits per heavy atom. The van der Waals surface area contributed by atoms with Gasteiger partial charge in [0.25, 0.3) is 5.69 Å². The van der Waals surface area contributed by atoms with Gasteiger partial charge in [0.1, 0.15) is 0 Å². The zero-order valence-electron chi connectivity index (χ0n) is 10.9. The highest BCUT2D eigenvalue weighted by atomic mass is 32.2. The van der Waals surface area contributed by atoms with Gasteiger partial charge in [0.05, 0.1) is 10.7 Å². The molecule has 0 unspecified atom stereocenters. The number of piperidine rings is 1. The maximum atomic E-state index is 12.0. The van der Waals surface area contributed by atoms with Crippen molar-refractivity contribution < 1.29 is 13.3 Å². The standard InChI is InChI=1S/C12H17N3O4S/c16-15(17)12-5-3-10(4-6-12)9-20(18,19)14-11-2-1-7-13-8-11/h3-6,11,13-14H,1-2,7-9H2/t11-/m1/s1. The molecule has 1 atom stereocenters. The van der Waals surface area contributed by atoms with Crippen LogP contribution in [-0.4, -0.2) is 32.5 Å². The Morgan fingerprint density at radius 1 is 1.35 bits per heavy atom. The predicted molar refractivity (Wildman–Crippen MR) is 74.7 cm³/mol. The summed E-state index contributed by atoms with van der Waals surface area (Å²) >= 11 is 0. The first kappa shape index (κ1) is 14.9. The highest BCUT2D eigenvalue weighted by molar-refractivity contribution is 7.88. The van der Waals surface area contributed by atoms with Gasteiger partial charge in [0.2, 0.25) is 10.0 Å². The summed E-state index contributed by atoms with van der Waals surface area (Å²) in [5.74, 6) is -0.165. The van der Waals surface area contributed by atoms with Gasteiger partial charge in [0.15, 0.2) is 0 Å². The van der Waals surface area contributed by atoms with Crippen LogP contribution in [0.5, 0.6) is 0 Å². The number of benzene rings is 1. The van der Waals surface area contributed by atoms with E-state index in [4.69, 9.17) is 0 Å². The number of hydrogen-bond donors (Lipinski definition) is 2. The largest absolute Gasteiger partial charge is 0.315 e. The quantitative estimate of drug-likeness (QED) is 0.617. The molecule has 1 aliphatic rings. The second kappa shape index (κ2) is 6.29. The third kappa shape index (κ3) is 4.26. The molecule has 0 radical (unpaired) electrons. The van der Waals surface area contributed by atoms with Crippen LogP contribution in [-0.2, 0) is 15.8 Å². The first-order chi connectivity index (χ1) is 9.46. The summed E-state index contributed by atoms with van der Waals surface area (Å²) in [6.45, 7) is 1.56. The molecule has 0 saturated carbocycles. The van der Waals surface area contributed by atoms with Crippen molar-refractivity contribution in [2.75, 3.05) is 13.1 Å². The van der Waals surface area contributed by atoms with Crippen molar-refractivity contribution in [1.29, 1.82) is 0 Å². The average Bonchev–Trinajstić information content (AvgIpc) is 2.39. The summed E-state index contributed by atoms with van der Waals surface area (Å²) in [5.41, 5.74) is 0.488.